The summed E-state index contributed by atoms with van der Waals surface area (Å²) in [6.45, 7) is 2.72. The van der Waals surface area contributed by atoms with Gasteiger partial charge in [0.05, 0.1) is 11.9 Å². The Morgan fingerprint density at radius 2 is 1.88 bits per heavy atom. The molecule has 0 aliphatic rings. The Hall–Kier alpha value is -2.76. The van der Waals surface area contributed by atoms with Gasteiger partial charge in [-0.15, -0.1) is 0 Å². The van der Waals surface area contributed by atoms with Crippen LogP contribution in [0.1, 0.15) is 5.69 Å². The standard InChI is InChI=1S/C21H23N5/c1-25(2)12-11-22-14-19-9-10-23-21-20(15-24-26(19)21)18-8-7-16-5-3-4-6-17(16)13-18/h3-10,13,15,22H,11-12,14H2,1-2H3. The summed E-state index contributed by atoms with van der Waals surface area (Å²) >= 11 is 0. The number of aromatic nitrogens is 3. The molecule has 0 amide bonds. The van der Waals surface area contributed by atoms with Crippen LogP contribution in [0.2, 0.25) is 0 Å². The van der Waals surface area contributed by atoms with E-state index in [2.05, 4.69) is 76.9 Å². The van der Waals surface area contributed by atoms with Crippen LogP contribution >= 0.6 is 0 Å². The molecular weight excluding hydrogens is 322 g/mol. The van der Waals surface area contributed by atoms with Crippen molar-refractivity contribution in [1.82, 2.24) is 24.8 Å². The molecule has 5 heteroatoms. The van der Waals surface area contributed by atoms with Crippen LogP contribution in [0.25, 0.3) is 27.5 Å². The van der Waals surface area contributed by atoms with E-state index in [1.165, 1.54) is 10.8 Å². The van der Waals surface area contributed by atoms with Gasteiger partial charge in [0.25, 0.3) is 0 Å². The number of nitrogens with zero attached hydrogens (tertiary/aromatic N) is 4. The average Bonchev–Trinajstić information content (AvgIpc) is 3.09. The van der Waals surface area contributed by atoms with E-state index >= 15 is 0 Å². The van der Waals surface area contributed by atoms with Crippen LogP contribution in [0, 0.1) is 0 Å². The highest BCUT2D eigenvalue weighted by atomic mass is 15.3. The topological polar surface area (TPSA) is 45.5 Å². The van der Waals surface area contributed by atoms with E-state index in [-0.39, 0.29) is 0 Å². The van der Waals surface area contributed by atoms with Crippen molar-refractivity contribution in [2.75, 3.05) is 27.2 Å². The normalized spacial score (nSPS) is 11.7. The first kappa shape index (κ1) is 16.7. The quantitative estimate of drug-likeness (QED) is 0.545. The molecule has 1 N–H and O–H groups in total. The highest BCUT2D eigenvalue weighted by Gasteiger charge is 2.11. The molecule has 0 atom stereocenters. The van der Waals surface area contributed by atoms with Gasteiger partial charge in [-0.1, -0.05) is 36.4 Å². The molecule has 5 nitrogen and oxygen atoms in total. The van der Waals surface area contributed by atoms with Crippen LogP contribution in [0.3, 0.4) is 0 Å². The van der Waals surface area contributed by atoms with Crippen molar-refractivity contribution in [3.8, 4) is 11.1 Å². The van der Waals surface area contributed by atoms with Crippen LogP contribution in [0.15, 0.2) is 60.9 Å². The van der Waals surface area contributed by atoms with E-state index in [1.54, 1.807) is 0 Å². The van der Waals surface area contributed by atoms with E-state index in [0.717, 1.165) is 42.1 Å². The number of hydrogen-bond acceptors (Lipinski definition) is 4. The lowest BCUT2D eigenvalue weighted by molar-refractivity contribution is 0.399. The summed E-state index contributed by atoms with van der Waals surface area (Å²) in [5.74, 6) is 0. The van der Waals surface area contributed by atoms with Crippen LogP contribution in [0.5, 0.6) is 0 Å². The smallest absolute Gasteiger partial charge is 0.163 e. The average molecular weight is 345 g/mol. The monoisotopic (exact) mass is 345 g/mol. The van der Waals surface area contributed by atoms with E-state index in [1.807, 2.05) is 23.0 Å². The Morgan fingerprint density at radius 1 is 1.04 bits per heavy atom. The van der Waals surface area contributed by atoms with Gasteiger partial charge in [-0.2, -0.15) is 5.10 Å². The molecule has 2 heterocycles. The second kappa shape index (κ2) is 7.23. The Kier molecular flexibility index (Phi) is 4.65. The molecule has 0 unspecified atom stereocenters. The van der Waals surface area contributed by atoms with Gasteiger partial charge in [-0.3, -0.25) is 0 Å². The molecule has 0 radical (unpaired) electrons. The van der Waals surface area contributed by atoms with Crippen molar-refractivity contribution in [2.45, 2.75) is 6.54 Å². The predicted octanol–water partition coefficient (Wildman–Crippen LogP) is 3.20. The second-order valence-corrected chi connectivity index (χ2v) is 6.77. The first-order chi connectivity index (χ1) is 12.7. The summed E-state index contributed by atoms with van der Waals surface area (Å²) in [5, 5.41) is 10.5. The molecule has 0 saturated heterocycles. The fraction of sp³-hybridized carbons (Fsp3) is 0.238. The van der Waals surface area contributed by atoms with Gasteiger partial charge in [0.1, 0.15) is 0 Å². The van der Waals surface area contributed by atoms with Crippen LogP contribution in [0.4, 0.5) is 0 Å². The maximum atomic E-state index is 4.59. The Balaban J connectivity index is 1.65. The van der Waals surface area contributed by atoms with Crippen molar-refractivity contribution in [1.29, 1.82) is 0 Å². The number of rotatable bonds is 6. The van der Waals surface area contributed by atoms with E-state index in [0.29, 0.717) is 0 Å². The molecule has 0 spiro atoms. The molecule has 132 valence electrons. The predicted molar refractivity (Wildman–Crippen MR) is 106 cm³/mol. The van der Waals surface area contributed by atoms with Gasteiger partial charge in [0.2, 0.25) is 0 Å². The molecular formula is C21H23N5. The molecule has 0 aliphatic carbocycles. The summed E-state index contributed by atoms with van der Waals surface area (Å²) in [6, 6.07) is 16.9. The lowest BCUT2D eigenvalue weighted by atomic mass is 10.0. The maximum absolute atomic E-state index is 4.59. The number of hydrogen-bond donors (Lipinski definition) is 1. The summed E-state index contributed by atoms with van der Waals surface area (Å²) in [7, 11) is 4.16. The highest BCUT2D eigenvalue weighted by molar-refractivity contribution is 5.89. The van der Waals surface area contributed by atoms with Crippen LogP contribution in [-0.2, 0) is 6.54 Å². The van der Waals surface area contributed by atoms with Gasteiger partial charge in [0, 0.05) is 31.4 Å². The lowest BCUT2D eigenvalue weighted by Crippen LogP contribution is -2.26. The Bertz CT molecular complexity index is 1030. The van der Waals surface area contributed by atoms with Crippen molar-refractivity contribution in [2.24, 2.45) is 0 Å². The molecule has 2 aromatic carbocycles. The summed E-state index contributed by atoms with van der Waals surface area (Å²) < 4.78 is 1.94. The van der Waals surface area contributed by atoms with Crippen molar-refractivity contribution >= 4 is 16.4 Å². The van der Waals surface area contributed by atoms with Gasteiger partial charge in [-0.25, -0.2) is 9.50 Å². The first-order valence-corrected chi connectivity index (χ1v) is 8.88. The minimum absolute atomic E-state index is 0.770. The third-order valence-corrected chi connectivity index (χ3v) is 4.58. The van der Waals surface area contributed by atoms with Crippen molar-refractivity contribution < 1.29 is 0 Å². The summed E-state index contributed by atoms with van der Waals surface area (Å²) in [5.41, 5.74) is 4.21. The SMILES string of the molecule is CN(C)CCNCc1ccnc2c(-c3ccc4ccccc4c3)cnn12. The molecule has 0 bridgehead atoms. The maximum Gasteiger partial charge on any atom is 0.163 e. The molecule has 0 saturated carbocycles. The Labute approximate surface area is 153 Å². The van der Waals surface area contributed by atoms with E-state index < -0.39 is 0 Å². The molecule has 4 rings (SSSR count). The Morgan fingerprint density at radius 3 is 2.73 bits per heavy atom. The number of nitrogens with one attached hydrogen (secondary N) is 1. The number of fused-ring (bicyclic) bond motifs is 2. The van der Waals surface area contributed by atoms with Gasteiger partial charge < -0.3 is 10.2 Å². The van der Waals surface area contributed by atoms with Crippen molar-refractivity contribution in [3.63, 3.8) is 0 Å². The van der Waals surface area contributed by atoms with Crippen LogP contribution < -0.4 is 5.32 Å². The van der Waals surface area contributed by atoms with Crippen molar-refractivity contribution in [3.05, 3.63) is 66.6 Å². The van der Waals surface area contributed by atoms with Gasteiger partial charge >= 0.3 is 0 Å². The van der Waals surface area contributed by atoms with Gasteiger partial charge in [-0.05, 0) is 42.6 Å². The minimum atomic E-state index is 0.770. The fourth-order valence-electron chi connectivity index (χ4n) is 3.15. The van der Waals surface area contributed by atoms with E-state index in [9.17, 15) is 0 Å². The zero-order valence-corrected chi connectivity index (χ0v) is 15.2. The molecule has 0 fully saturated rings. The zero-order valence-electron chi connectivity index (χ0n) is 15.2. The molecule has 26 heavy (non-hydrogen) atoms. The van der Waals surface area contributed by atoms with E-state index in [4.69, 9.17) is 0 Å². The molecule has 4 aromatic rings. The number of likely N-dealkylation sites (N-methyl/N-ethyl adjacent to an activating group) is 1. The largest absolute Gasteiger partial charge is 0.310 e. The van der Waals surface area contributed by atoms with Gasteiger partial charge in [0.15, 0.2) is 5.65 Å². The first-order valence-electron chi connectivity index (χ1n) is 8.88. The second-order valence-electron chi connectivity index (χ2n) is 6.77. The summed E-state index contributed by atoms with van der Waals surface area (Å²) in [4.78, 5) is 6.75. The highest BCUT2D eigenvalue weighted by Crippen LogP contribution is 2.27. The summed E-state index contributed by atoms with van der Waals surface area (Å²) in [6.07, 6.45) is 3.78. The minimum Gasteiger partial charge on any atom is -0.310 e. The molecule has 2 aromatic heterocycles. The fourth-order valence-corrected chi connectivity index (χ4v) is 3.15. The number of benzene rings is 2. The third-order valence-electron chi connectivity index (χ3n) is 4.58. The molecule has 0 aliphatic heterocycles. The van der Waals surface area contributed by atoms with Crippen LogP contribution in [-0.4, -0.2) is 46.7 Å². The lowest BCUT2D eigenvalue weighted by Gasteiger charge is -2.11. The third kappa shape index (κ3) is 3.31. The zero-order chi connectivity index (χ0) is 17.9.